The van der Waals surface area contributed by atoms with Gasteiger partial charge in [-0.3, -0.25) is 4.68 Å². The molecule has 0 saturated heterocycles. The molecule has 0 spiro atoms. The zero-order chi connectivity index (χ0) is 17.3. The van der Waals surface area contributed by atoms with Crippen molar-refractivity contribution in [1.82, 2.24) is 25.2 Å². The van der Waals surface area contributed by atoms with E-state index in [-0.39, 0.29) is 0 Å². The zero-order valence-electron chi connectivity index (χ0n) is 14.5. The van der Waals surface area contributed by atoms with Crippen molar-refractivity contribution < 1.29 is 9.15 Å². The largest absolute Gasteiger partial charge is 0.494 e. The number of ether oxygens (including phenoxy) is 1. The molecule has 2 aromatic heterocycles. The number of aromatic nitrogens is 5. The van der Waals surface area contributed by atoms with Gasteiger partial charge < -0.3 is 9.15 Å². The topological polar surface area (TPSA) is 78.9 Å². The van der Waals surface area contributed by atoms with E-state index in [2.05, 4.69) is 27.4 Å². The lowest BCUT2D eigenvalue weighted by Gasteiger charge is -2.06. The van der Waals surface area contributed by atoms with E-state index in [0.717, 1.165) is 24.3 Å². The number of hydrogen-bond donors (Lipinski definition) is 0. The van der Waals surface area contributed by atoms with Crippen LogP contribution in [0.2, 0.25) is 0 Å². The fourth-order valence-electron chi connectivity index (χ4n) is 2.45. The lowest BCUT2D eigenvalue weighted by Crippen LogP contribution is -2.02. The molecule has 0 unspecified atom stereocenters. The van der Waals surface area contributed by atoms with Crippen LogP contribution in [0, 0.1) is 0 Å². The Kier molecular flexibility index (Phi) is 6.14. The minimum Gasteiger partial charge on any atom is -0.494 e. The maximum Gasteiger partial charge on any atom is 0.247 e. The average molecular weight is 341 g/mol. The van der Waals surface area contributed by atoms with Crippen molar-refractivity contribution in [2.75, 3.05) is 6.61 Å². The summed E-state index contributed by atoms with van der Waals surface area (Å²) in [6.45, 7) is 3.62. The molecule has 25 heavy (non-hydrogen) atoms. The summed E-state index contributed by atoms with van der Waals surface area (Å²) in [5, 5.41) is 15.9. The molecule has 0 saturated carbocycles. The van der Waals surface area contributed by atoms with Crippen LogP contribution in [-0.2, 0) is 13.0 Å². The molecule has 7 heteroatoms. The lowest BCUT2D eigenvalue weighted by molar-refractivity contribution is 0.305. The third-order valence-corrected chi connectivity index (χ3v) is 3.86. The average Bonchev–Trinajstić information content (AvgIpc) is 3.32. The molecular formula is C18H23N5O2. The van der Waals surface area contributed by atoms with E-state index >= 15 is 0 Å². The Morgan fingerprint density at radius 3 is 2.72 bits per heavy atom. The highest BCUT2D eigenvalue weighted by Gasteiger charge is 2.09. The first-order chi connectivity index (χ1) is 12.3. The van der Waals surface area contributed by atoms with E-state index in [1.807, 2.05) is 24.3 Å². The quantitative estimate of drug-likeness (QED) is 0.525. The van der Waals surface area contributed by atoms with Gasteiger partial charge in [0.2, 0.25) is 11.8 Å². The summed E-state index contributed by atoms with van der Waals surface area (Å²) < 4.78 is 13.2. The molecule has 0 aliphatic heterocycles. The molecule has 7 nitrogen and oxygen atoms in total. The monoisotopic (exact) mass is 341 g/mol. The highest BCUT2D eigenvalue weighted by molar-refractivity contribution is 5.53. The number of aryl methyl sites for hydroxylation is 2. The van der Waals surface area contributed by atoms with E-state index < -0.39 is 0 Å². The standard InChI is InChI=1S/C18H23N5O2/c1-2-3-4-5-14-24-16-8-6-15(7-9-16)18-21-20-17(25-18)10-12-23-13-11-19-22-23/h6-9,11,13H,2-5,10,12,14H2,1H3. The molecule has 132 valence electrons. The number of unbranched alkanes of at least 4 members (excludes halogenated alkanes) is 3. The van der Waals surface area contributed by atoms with Crippen LogP contribution in [0.25, 0.3) is 11.5 Å². The summed E-state index contributed by atoms with van der Waals surface area (Å²) >= 11 is 0. The molecule has 2 heterocycles. The van der Waals surface area contributed by atoms with E-state index in [4.69, 9.17) is 9.15 Å². The summed E-state index contributed by atoms with van der Waals surface area (Å²) in [5.41, 5.74) is 0.887. The molecule has 0 fully saturated rings. The van der Waals surface area contributed by atoms with Crippen LogP contribution < -0.4 is 4.74 Å². The maximum absolute atomic E-state index is 5.75. The van der Waals surface area contributed by atoms with Crippen LogP contribution in [0.3, 0.4) is 0 Å². The van der Waals surface area contributed by atoms with Gasteiger partial charge in [0.05, 0.1) is 19.3 Å². The Morgan fingerprint density at radius 2 is 1.96 bits per heavy atom. The van der Waals surface area contributed by atoms with E-state index in [1.165, 1.54) is 19.3 Å². The predicted octanol–water partition coefficient (Wildman–Crippen LogP) is 3.53. The smallest absolute Gasteiger partial charge is 0.247 e. The second-order valence-corrected chi connectivity index (χ2v) is 5.85. The number of rotatable bonds is 10. The second kappa shape index (κ2) is 8.96. The van der Waals surface area contributed by atoms with Crippen molar-refractivity contribution in [1.29, 1.82) is 0 Å². The third kappa shape index (κ3) is 5.14. The summed E-state index contributed by atoms with van der Waals surface area (Å²) in [6, 6.07) is 7.76. The van der Waals surface area contributed by atoms with Crippen molar-refractivity contribution in [2.45, 2.75) is 45.6 Å². The van der Waals surface area contributed by atoms with Crippen molar-refractivity contribution in [3.8, 4) is 17.2 Å². The zero-order valence-corrected chi connectivity index (χ0v) is 14.5. The van der Waals surface area contributed by atoms with Crippen molar-refractivity contribution in [3.63, 3.8) is 0 Å². The third-order valence-electron chi connectivity index (χ3n) is 3.86. The second-order valence-electron chi connectivity index (χ2n) is 5.85. The maximum atomic E-state index is 5.75. The minimum absolute atomic E-state index is 0.517. The van der Waals surface area contributed by atoms with Gasteiger partial charge in [-0.25, -0.2) is 0 Å². The van der Waals surface area contributed by atoms with Crippen LogP contribution in [-0.4, -0.2) is 31.8 Å². The Labute approximate surface area is 147 Å². The molecule has 1 aromatic carbocycles. The Hall–Kier alpha value is -2.70. The van der Waals surface area contributed by atoms with Crippen LogP contribution >= 0.6 is 0 Å². The Bertz CT molecular complexity index is 737. The Morgan fingerprint density at radius 1 is 1.08 bits per heavy atom. The van der Waals surface area contributed by atoms with Gasteiger partial charge in [0.1, 0.15) is 5.75 Å². The summed E-state index contributed by atoms with van der Waals surface area (Å²) in [6.07, 6.45) is 8.88. The number of hydrogen-bond acceptors (Lipinski definition) is 6. The van der Waals surface area contributed by atoms with Crippen LogP contribution in [0.15, 0.2) is 41.1 Å². The normalized spacial score (nSPS) is 10.9. The minimum atomic E-state index is 0.517. The van der Waals surface area contributed by atoms with Crippen LogP contribution in [0.4, 0.5) is 0 Å². The highest BCUT2D eigenvalue weighted by atomic mass is 16.5. The molecule has 0 aliphatic rings. The van der Waals surface area contributed by atoms with Gasteiger partial charge in [-0.15, -0.1) is 15.3 Å². The molecule has 0 atom stereocenters. The van der Waals surface area contributed by atoms with Gasteiger partial charge in [-0.2, -0.15) is 0 Å². The molecule has 3 rings (SSSR count). The van der Waals surface area contributed by atoms with Gasteiger partial charge in [-0.05, 0) is 30.7 Å². The van der Waals surface area contributed by atoms with Gasteiger partial charge in [-0.1, -0.05) is 31.4 Å². The molecule has 0 amide bonds. The first kappa shape index (κ1) is 17.1. The SMILES string of the molecule is CCCCCCOc1ccc(-c2nnc(CCn3ccnn3)o2)cc1. The van der Waals surface area contributed by atoms with Gasteiger partial charge in [0, 0.05) is 18.2 Å². The molecule has 0 radical (unpaired) electrons. The highest BCUT2D eigenvalue weighted by Crippen LogP contribution is 2.21. The molecule has 0 bridgehead atoms. The Balaban J connectivity index is 1.50. The van der Waals surface area contributed by atoms with Crippen molar-refractivity contribution in [2.24, 2.45) is 0 Å². The summed E-state index contributed by atoms with van der Waals surface area (Å²) in [4.78, 5) is 0. The molecule has 0 N–H and O–H groups in total. The lowest BCUT2D eigenvalue weighted by atomic mass is 10.2. The molecule has 3 aromatic rings. The van der Waals surface area contributed by atoms with Gasteiger partial charge in [0.15, 0.2) is 0 Å². The molecule has 0 aliphatic carbocycles. The van der Waals surface area contributed by atoms with E-state index in [9.17, 15) is 0 Å². The fourth-order valence-corrected chi connectivity index (χ4v) is 2.45. The van der Waals surface area contributed by atoms with Gasteiger partial charge in [0.25, 0.3) is 0 Å². The van der Waals surface area contributed by atoms with Crippen molar-refractivity contribution in [3.05, 3.63) is 42.5 Å². The van der Waals surface area contributed by atoms with Crippen LogP contribution in [0.5, 0.6) is 5.75 Å². The predicted molar refractivity (Wildman–Crippen MR) is 93.1 cm³/mol. The number of benzene rings is 1. The van der Waals surface area contributed by atoms with E-state index in [0.29, 0.717) is 24.7 Å². The first-order valence-electron chi connectivity index (χ1n) is 8.75. The van der Waals surface area contributed by atoms with Gasteiger partial charge >= 0.3 is 0 Å². The summed E-state index contributed by atoms with van der Waals surface area (Å²) in [7, 11) is 0. The molecular weight excluding hydrogens is 318 g/mol. The van der Waals surface area contributed by atoms with Crippen LogP contribution in [0.1, 0.15) is 38.5 Å². The first-order valence-corrected chi connectivity index (χ1v) is 8.75. The number of nitrogens with zero attached hydrogens (tertiary/aromatic N) is 5. The van der Waals surface area contributed by atoms with Crippen molar-refractivity contribution >= 4 is 0 Å². The summed E-state index contributed by atoms with van der Waals surface area (Å²) in [5.74, 6) is 1.97. The van der Waals surface area contributed by atoms with E-state index in [1.54, 1.807) is 17.1 Å². The fraction of sp³-hybridized carbons (Fsp3) is 0.444.